The zero-order chi connectivity index (χ0) is 8.97. The average Bonchev–Trinajstić information content (AvgIpc) is 2.09. The molecule has 0 amide bonds. The summed E-state index contributed by atoms with van der Waals surface area (Å²) in [5.74, 6) is 0. The third-order valence-corrected chi connectivity index (χ3v) is 1.44. The van der Waals surface area contributed by atoms with Crippen LogP contribution in [0, 0.1) is 0 Å². The van der Waals surface area contributed by atoms with Gasteiger partial charge in [0.25, 0.3) is 5.56 Å². The molecule has 0 saturated heterocycles. The van der Waals surface area contributed by atoms with Gasteiger partial charge >= 0.3 is 0 Å². The lowest BCUT2D eigenvalue weighted by Crippen LogP contribution is -2.32. The number of hydrogen-bond donors (Lipinski definition) is 2. The van der Waals surface area contributed by atoms with Crippen molar-refractivity contribution >= 4 is 0 Å². The summed E-state index contributed by atoms with van der Waals surface area (Å²) in [7, 11) is 0. The second-order valence-corrected chi connectivity index (χ2v) is 2.43. The van der Waals surface area contributed by atoms with Gasteiger partial charge in [-0.3, -0.25) is 4.79 Å². The second kappa shape index (κ2) is 3.99. The molecule has 1 aromatic rings. The molecule has 12 heavy (non-hydrogen) atoms. The van der Waals surface area contributed by atoms with Crippen molar-refractivity contribution in [1.82, 2.24) is 9.78 Å². The van der Waals surface area contributed by atoms with E-state index in [2.05, 4.69) is 5.10 Å². The Bertz CT molecular complexity index is 297. The Hall–Kier alpha value is -1.20. The number of nitrogens with zero attached hydrogens (tertiary/aromatic N) is 2. The quantitative estimate of drug-likeness (QED) is 0.581. The van der Waals surface area contributed by atoms with Crippen LogP contribution in [0.5, 0.6) is 0 Å². The lowest BCUT2D eigenvalue weighted by Gasteiger charge is -2.07. The van der Waals surface area contributed by atoms with E-state index in [-0.39, 0.29) is 18.6 Å². The number of aliphatic hydroxyl groups is 1. The highest BCUT2D eigenvalue weighted by atomic mass is 16.3. The molecule has 66 valence electrons. The molecule has 0 aliphatic rings. The molecule has 1 unspecified atom stereocenters. The topological polar surface area (TPSA) is 81.1 Å². The standard InChI is InChI=1S/C7H11N3O2/c8-4-6(11)5-10-7(12)2-1-3-9-10/h1-3,6,11H,4-5,8H2. The number of aromatic nitrogens is 2. The van der Waals surface area contributed by atoms with Gasteiger partial charge in [-0.05, 0) is 6.07 Å². The lowest BCUT2D eigenvalue weighted by molar-refractivity contribution is 0.155. The Labute approximate surface area is 69.4 Å². The van der Waals surface area contributed by atoms with Crippen molar-refractivity contribution in [1.29, 1.82) is 0 Å². The molecule has 1 heterocycles. The Kier molecular flexibility index (Phi) is 2.95. The van der Waals surface area contributed by atoms with Crippen molar-refractivity contribution in [2.75, 3.05) is 6.54 Å². The third kappa shape index (κ3) is 2.14. The Balaban J connectivity index is 2.76. The zero-order valence-electron chi connectivity index (χ0n) is 6.55. The smallest absolute Gasteiger partial charge is 0.266 e. The van der Waals surface area contributed by atoms with Crippen LogP contribution in [-0.4, -0.2) is 27.5 Å². The molecular formula is C7H11N3O2. The SMILES string of the molecule is NCC(O)Cn1ncccc1=O. The van der Waals surface area contributed by atoms with Crippen LogP contribution in [0.25, 0.3) is 0 Å². The molecule has 1 rings (SSSR count). The zero-order valence-corrected chi connectivity index (χ0v) is 6.55. The maximum absolute atomic E-state index is 11.0. The van der Waals surface area contributed by atoms with Gasteiger partial charge in [0.15, 0.2) is 0 Å². The van der Waals surface area contributed by atoms with E-state index in [0.717, 1.165) is 0 Å². The van der Waals surface area contributed by atoms with Gasteiger partial charge in [0.05, 0.1) is 12.6 Å². The maximum Gasteiger partial charge on any atom is 0.266 e. The number of nitrogens with two attached hydrogens (primary N) is 1. The van der Waals surface area contributed by atoms with Gasteiger partial charge in [-0.1, -0.05) is 0 Å². The molecule has 0 bridgehead atoms. The summed E-state index contributed by atoms with van der Waals surface area (Å²) in [4.78, 5) is 11.0. The molecule has 0 saturated carbocycles. The first-order valence-corrected chi connectivity index (χ1v) is 3.64. The van der Waals surface area contributed by atoms with Crippen molar-refractivity contribution in [3.63, 3.8) is 0 Å². The summed E-state index contributed by atoms with van der Waals surface area (Å²) in [6, 6.07) is 2.93. The highest BCUT2D eigenvalue weighted by molar-refractivity contribution is 4.85. The van der Waals surface area contributed by atoms with Crippen molar-refractivity contribution in [3.8, 4) is 0 Å². The molecule has 1 aromatic heterocycles. The van der Waals surface area contributed by atoms with E-state index < -0.39 is 6.10 Å². The first-order valence-electron chi connectivity index (χ1n) is 3.64. The fourth-order valence-electron chi connectivity index (χ4n) is 0.799. The van der Waals surface area contributed by atoms with Crippen molar-refractivity contribution in [2.24, 2.45) is 5.73 Å². The van der Waals surface area contributed by atoms with Crippen LogP contribution in [0.2, 0.25) is 0 Å². The van der Waals surface area contributed by atoms with E-state index in [0.29, 0.717) is 0 Å². The third-order valence-electron chi connectivity index (χ3n) is 1.44. The van der Waals surface area contributed by atoms with Gasteiger partial charge in [0, 0.05) is 18.8 Å². The fourth-order valence-corrected chi connectivity index (χ4v) is 0.799. The molecular weight excluding hydrogens is 158 g/mol. The normalized spacial score (nSPS) is 12.8. The molecule has 0 fully saturated rings. The predicted octanol–water partition coefficient (Wildman–Crippen LogP) is -1.44. The largest absolute Gasteiger partial charge is 0.390 e. The van der Waals surface area contributed by atoms with Gasteiger partial charge in [-0.25, -0.2) is 4.68 Å². The summed E-state index contributed by atoms with van der Waals surface area (Å²) in [6.07, 6.45) is 0.780. The highest BCUT2D eigenvalue weighted by Crippen LogP contribution is 1.82. The van der Waals surface area contributed by atoms with Crippen molar-refractivity contribution in [2.45, 2.75) is 12.6 Å². The van der Waals surface area contributed by atoms with E-state index in [1.54, 1.807) is 6.07 Å². The monoisotopic (exact) mass is 169 g/mol. The number of hydrogen-bond acceptors (Lipinski definition) is 4. The first kappa shape index (κ1) is 8.89. The minimum Gasteiger partial charge on any atom is -0.390 e. The molecule has 0 aromatic carbocycles. The molecule has 1 atom stereocenters. The summed E-state index contributed by atoms with van der Waals surface area (Å²) in [5, 5.41) is 12.9. The summed E-state index contributed by atoms with van der Waals surface area (Å²) < 4.78 is 1.18. The van der Waals surface area contributed by atoms with Crippen molar-refractivity contribution < 1.29 is 5.11 Å². The van der Waals surface area contributed by atoms with Crippen LogP contribution < -0.4 is 11.3 Å². The Morgan fingerprint density at radius 3 is 3.08 bits per heavy atom. The maximum atomic E-state index is 11.0. The predicted molar refractivity (Wildman–Crippen MR) is 43.6 cm³/mol. The number of rotatable bonds is 3. The number of aliphatic hydroxyl groups excluding tert-OH is 1. The van der Waals surface area contributed by atoms with Crippen LogP contribution in [0.1, 0.15) is 0 Å². The first-order chi connectivity index (χ1) is 5.74. The van der Waals surface area contributed by atoms with Crippen LogP contribution in [0.4, 0.5) is 0 Å². The summed E-state index contributed by atoms with van der Waals surface area (Å²) >= 11 is 0. The molecule has 5 heteroatoms. The summed E-state index contributed by atoms with van der Waals surface area (Å²) in [5.41, 5.74) is 4.95. The fraction of sp³-hybridized carbons (Fsp3) is 0.429. The molecule has 0 aliphatic carbocycles. The lowest BCUT2D eigenvalue weighted by atomic mass is 10.3. The van der Waals surface area contributed by atoms with Gasteiger partial charge in [-0.2, -0.15) is 5.10 Å². The van der Waals surface area contributed by atoms with Crippen molar-refractivity contribution in [3.05, 3.63) is 28.7 Å². The van der Waals surface area contributed by atoms with Crippen LogP contribution in [0.15, 0.2) is 23.1 Å². The van der Waals surface area contributed by atoms with Crippen LogP contribution >= 0.6 is 0 Å². The molecule has 5 nitrogen and oxygen atoms in total. The van der Waals surface area contributed by atoms with Crippen LogP contribution in [-0.2, 0) is 6.54 Å². The van der Waals surface area contributed by atoms with E-state index >= 15 is 0 Å². The Morgan fingerprint density at radius 1 is 1.75 bits per heavy atom. The minimum absolute atomic E-state index is 0.128. The molecule has 3 N–H and O–H groups in total. The minimum atomic E-state index is -0.711. The van der Waals surface area contributed by atoms with Gasteiger partial charge < -0.3 is 10.8 Å². The van der Waals surface area contributed by atoms with E-state index in [9.17, 15) is 4.79 Å². The highest BCUT2D eigenvalue weighted by Gasteiger charge is 2.03. The molecule has 0 spiro atoms. The molecule has 0 aliphatic heterocycles. The Morgan fingerprint density at radius 2 is 2.50 bits per heavy atom. The van der Waals surface area contributed by atoms with Gasteiger partial charge in [0.1, 0.15) is 0 Å². The summed E-state index contributed by atoms with van der Waals surface area (Å²) in [6.45, 7) is 0.277. The molecule has 0 radical (unpaired) electrons. The van der Waals surface area contributed by atoms with Gasteiger partial charge in [-0.15, -0.1) is 0 Å². The van der Waals surface area contributed by atoms with E-state index in [1.165, 1.54) is 16.9 Å². The second-order valence-electron chi connectivity index (χ2n) is 2.43. The van der Waals surface area contributed by atoms with E-state index in [4.69, 9.17) is 10.8 Å². The van der Waals surface area contributed by atoms with Crippen LogP contribution in [0.3, 0.4) is 0 Å². The average molecular weight is 169 g/mol. The van der Waals surface area contributed by atoms with Gasteiger partial charge in [0.2, 0.25) is 0 Å². The van der Waals surface area contributed by atoms with E-state index in [1.807, 2.05) is 0 Å².